The van der Waals surface area contributed by atoms with Gasteiger partial charge < -0.3 is 10.0 Å². The van der Waals surface area contributed by atoms with Crippen LogP contribution in [0.4, 0.5) is 0 Å². The van der Waals surface area contributed by atoms with Crippen molar-refractivity contribution in [2.24, 2.45) is 0 Å². The molecule has 5 nitrogen and oxygen atoms in total. The summed E-state index contributed by atoms with van der Waals surface area (Å²) >= 11 is 7.48. The summed E-state index contributed by atoms with van der Waals surface area (Å²) in [4.78, 5) is 27.5. The van der Waals surface area contributed by atoms with Crippen molar-refractivity contribution in [2.75, 3.05) is 26.2 Å². The van der Waals surface area contributed by atoms with Gasteiger partial charge in [-0.2, -0.15) is 0 Å². The molecular formula is C13H17ClN2O3S. The van der Waals surface area contributed by atoms with Gasteiger partial charge in [0, 0.05) is 44.0 Å². The Morgan fingerprint density at radius 3 is 2.45 bits per heavy atom. The zero-order valence-electron chi connectivity index (χ0n) is 11.0. The van der Waals surface area contributed by atoms with Gasteiger partial charge >= 0.3 is 5.97 Å². The van der Waals surface area contributed by atoms with Crippen molar-refractivity contribution in [1.29, 1.82) is 0 Å². The summed E-state index contributed by atoms with van der Waals surface area (Å²) < 4.78 is 0.794. The summed E-state index contributed by atoms with van der Waals surface area (Å²) in [6.45, 7) is 3.81. The monoisotopic (exact) mass is 316 g/mol. The molecule has 0 unspecified atom stereocenters. The molecule has 1 aliphatic heterocycles. The molecule has 1 aliphatic rings. The predicted octanol–water partition coefficient (Wildman–Crippen LogP) is 1.91. The topological polar surface area (TPSA) is 60.9 Å². The maximum atomic E-state index is 11.8. The molecule has 0 aliphatic carbocycles. The zero-order valence-corrected chi connectivity index (χ0v) is 12.6. The van der Waals surface area contributed by atoms with E-state index < -0.39 is 5.97 Å². The van der Waals surface area contributed by atoms with Crippen LogP contribution >= 0.6 is 22.9 Å². The largest absolute Gasteiger partial charge is 0.481 e. The van der Waals surface area contributed by atoms with Gasteiger partial charge in [-0.1, -0.05) is 11.6 Å². The van der Waals surface area contributed by atoms with Gasteiger partial charge in [0.25, 0.3) is 0 Å². The molecule has 1 aromatic rings. The van der Waals surface area contributed by atoms with Crippen LogP contribution in [0, 0.1) is 0 Å². The molecule has 1 saturated heterocycles. The van der Waals surface area contributed by atoms with Gasteiger partial charge in [-0.3, -0.25) is 14.5 Å². The summed E-state index contributed by atoms with van der Waals surface area (Å²) in [5.74, 6) is -0.988. The second-order valence-corrected chi connectivity index (χ2v) is 6.56. The molecule has 2 heterocycles. The number of aliphatic carboxylic acids is 1. The fourth-order valence-electron chi connectivity index (χ4n) is 2.18. The summed E-state index contributed by atoms with van der Waals surface area (Å²) in [6.07, 6.45) is 0.00259. The van der Waals surface area contributed by atoms with Gasteiger partial charge in [0.1, 0.15) is 0 Å². The predicted molar refractivity (Wildman–Crippen MR) is 78.1 cm³/mol. The highest BCUT2D eigenvalue weighted by atomic mass is 35.5. The molecule has 0 atom stereocenters. The number of hydrogen-bond acceptors (Lipinski definition) is 4. The molecule has 0 radical (unpaired) electrons. The zero-order chi connectivity index (χ0) is 14.5. The van der Waals surface area contributed by atoms with Crippen LogP contribution in [-0.4, -0.2) is 53.0 Å². The fourth-order valence-corrected chi connectivity index (χ4v) is 3.31. The van der Waals surface area contributed by atoms with E-state index in [0.29, 0.717) is 13.1 Å². The second-order valence-electron chi connectivity index (χ2n) is 4.76. The van der Waals surface area contributed by atoms with Crippen LogP contribution in [0.15, 0.2) is 12.1 Å². The van der Waals surface area contributed by atoms with E-state index in [1.54, 1.807) is 16.2 Å². The average molecular weight is 317 g/mol. The van der Waals surface area contributed by atoms with E-state index in [9.17, 15) is 9.59 Å². The number of piperazine rings is 1. The van der Waals surface area contributed by atoms with E-state index in [-0.39, 0.29) is 18.7 Å². The van der Waals surface area contributed by atoms with Crippen LogP contribution in [0.1, 0.15) is 17.7 Å². The Hall–Kier alpha value is -1.11. The van der Waals surface area contributed by atoms with Gasteiger partial charge in [-0.15, -0.1) is 11.3 Å². The van der Waals surface area contributed by atoms with Crippen LogP contribution in [0.2, 0.25) is 4.34 Å². The number of carboxylic acid groups (broad SMARTS) is 1. The number of rotatable bonds is 5. The first-order chi connectivity index (χ1) is 9.54. The lowest BCUT2D eigenvalue weighted by molar-refractivity contribution is -0.141. The first-order valence-electron chi connectivity index (χ1n) is 6.51. The Morgan fingerprint density at radius 2 is 1.90 bits per heavy atom. The molecule has 0 aromatic carbocycles. The normalized spacial score (nSPS) is 16.4. The Kier molecular flexibility index (Phi) is 5.39. The number of halogens is 1. The van der Waals surface area contributed by atoms with E-state index >= 15 is 0 Å². The fraction of sp³-hybridized carbons (Fsp3) is 0.538. The minimum Gasteiger partial charge on any atom is -0.481 e. The lowest BCUT2D eigenvalue weighted by Gasteiger charge is -2.34. The highest BCUT2D eigenvalue weighted by Gasteiger charge is 2.21. The second kappa shape index (κ2) is 7.06. The number of carboxylic acids is 1. The van der Waals surface area contributed by atoms with Crippen molar-refractivity contribution in [2.45, 2.75) is 19.4 Å². The Morgan fingerprint density at radius 1 is 1.20 bits per heavy atom. The van der Waals surface area contributed by atoms with Crippen LogP contribution in [0.25, 0.3) is 0 Å². The van der Waals surface area contributed by atoms with Gasteiger partial charge in [0.05, 0.1) is 10.8 Å². The highest BCUT2D eigenvalue weighted by Crippen LogP contribution is 2.23. The molecule has 1 amide bonds. The minimum absolute atomic E-state index is 0.0637. The first-order valence-corrected chi connectivity index (χ1v) is 7.70. The maximum Gasteiger partial charge on any atom is 0.303 e. The Labute approximate surface area is 126 Å². The molecule has 7 heteroatoms. The van der Waals surface area contributed by atoms with Crippen molar-refractivity contribution >= 4 is 34.8 Å². The molecule has 1 N–H and O–H groups in total. The van der Waals surface area contributed by atoms with E-state index in [1.807, 2.05) is 12.1 Å². The van der Waals surface area contributed by atoms with Crippen molar-refractivity contribution in [1.82, 2.24) is 9.80 Å². The molecule has 2 rings (SSSR count). The first kappa shape index (κ1) is 15.3. The highest BCUT2D eigenvalue weighted by molar-refractivity contribution is 7.16. The molecule has 0 bridgehead atoms. The van der Waals surface area contributed by atoms with Crippen molar-refractivity contribution in [3.8, 4) is 0 Å². The standard InChI is InChI=1S/C13H17ClN2O3S/c14-11-2-1-10(20-11)9-15-5-7-16(8-6-15)12(17)3-4-13(18)19/h1-2H,3-9H2,(H,18,19). The molecule has 1 fully saturated rings. The van der Waals surface area contributed by atoms with Crippen LogP contribution < -0.4 is 0 Å². The summed E-state index contributed by atoms with van der Waals surface area (Å²) in [5, 5.41) is 8.58. The Balaban J connectivity index is 1.74. The quantitative estimate of drug-likeness (QED) is 0.901. The lowest BCUT2D eigenvalue weighted by atomic mass is 10.2. The summed E-state index contributed by atoms with van der Waals surface area (Å²) in [5.41, 5.74) is 0. The summed E-state index contributed by atoms with van der Waals surface area (Å²) in [6, 6.07) is 3.92. The van der Waals surface area contributed by atoms with Gasteiger partial charge in [0.15, 0.2) is 0 Å². The van der Waals surface area contributed by atoms with E-state index in [0.717, 1.165) is 24.0 Å². The third kappa shape index (κ3) is 4.47. The van der Waals surface area contributed by atoms with Crippen molar-refractivity contribution < 1.29 is 14.7 Å². The molecule has 0 spiro atoms. The van der Waals surface area contributed by atoms with E-state index in [2.05, 4.69) is 4.90 Å². The lowest BCUT2D eigenvalue weighted by Crippen LogP contribution is -2.48. The van der Waals surface area contributed by atoms with Crippen molar-refractivity contribution in [3.63, 3.8) is 0 Å². The van der Waals surface area contributed by atoms with Gasteiger partial charge in [-0.25, -0.2) is 0 Å². The number of amides is 1. The number of carbonyl (C=O) groups excluding carboxylic acids is 1. The molecule has 1 aromatic heterocycles. The third-order valence-electron chi connectivity index (χ3n) is 3.29. The van der Waals surface area contributed by atoms with E-state index in [4.69, 9.17) is 16.7 Å². The maximum absolute atomic E-state index is 11.8. The van der Waals surface area contributed by atoms with Gasteiger partial charge in [0.2, 0.25) is 5.91 Å². The van der Waals surface area contributed by atoms with Crippen LogP contribution in [-0.2, 0) is 16.1 Å². The number of nitrogens with zero attached hydrogens (tertiary/aromatic N) is 2. The molecule has 110 valence electrons. The van der Waals surface area contributed by atoms with Crippen LogP contribution in [0.3, 0.4) is 0 Å². The molecule has 0 saturated carbocycles. The van der Waals surface area contributed by atoms with Crippen molar-refractivity contribution in [3.05, 3.63) is 21.3 Å². The van der Waals surface area contributed by atoms with Gasteiger partial charge in [-0.05, 0) is 12.1 Å². The number of carbonyl (C=O) groups is 2. The smallest absolute Gasteiger partial charge is 0.303 e. The van der Waals surface area contributed by atoms with E-state index in [1.165, 1.54) is 4.88 Å². The SMILES string of the molecule is O=C(O)CCC(=O)N1CCN(Cc2ccc(Cl)s2)CC1. The average Bonchev–Trinajstić information content (AvgIpc) is 2.82. The minimum atomic E-state index is -0.924. The Bertz CT molecular complexity index is 484. The third-order valence-corrected chi connectivity index (χ3v) is 4.50. The number of hydrogen-bond donors (Lipinski definition) is 1. The number of thiophene rings is 1. The summed E-state index contributed by atoms with van der Waals surface area (Å²) in [7, 11) is 0. The molecule has 20 heavy (non-hydrogen) atoms. The van der Waals surface area contributed by atoms with Crippen LogP contribution in [0.5, 0.6) is 0 Å². The molecular weight excluding hydrogens is 300 g/mol.